The number of ether oxygens (including phenoxy) is 2. The van der Waals surface area contributed by atoms with Crippen LogP contribution in [-0.2, 0) is 19.1 Å². The Kier molecular flexibility index (Phi) is 13.2. The number of rotatable bonds is 12. The van der Waals surface area contributed by atoms with E-state index in [0.717, 1.165) is 87.7 Å². The first kappa shape index (κ1) is 44.5. The minimum absolute atomic E-state index is 0.125. The second-order valence-electron chi connectivity index (χ2n) is 17.3. The van der Waals surface area contributed by atoms with Gasteiger partial charge in [0.15, 0.2) is 0 Å². The number of hydrogen-bond acceptors (Lipinski definition) is 8. The lowest BCUT2D eigenvalue weighted by Gasteiger charge is -2.29. The number of aromatic amines is 2. The number of fused-ring (bicyclic) bond motifs is 3. The smallest absolute Gasteiger partial charge is 0.407 e. The van der Waals surface area contributed by atoms with E-state index in [1.54, 1.807) is 23.2 Å². The summed E-state index contributed by atoms with van der Waals surface area (Å²) in [5.74, 6) is 8.20. The Hall–Kier alpha value is -7.14. The molecule has 336 valence electrons. The molecule has 3 aromatic carbocycles. The number of imidazole rings is 2. The van der Waals surface area contributed by atoms with Gasteiger partial charge in [0.05, 0.1) is 49.2 Å². The summed E-state index contributed by atoms with van der Waals surface area (Å²) < 4.78 is 9.65. The number of nitrogens with zero attached hydrogens (tertiary/aromatic N) is 4. The molecule has 2 aromatic heterocycles. The van der Waals surface area contributed by atoms with E-state index >= 15 is 0 Å². The number of likely N-dealkylation sites (tertiary alicyclic amines) is 2. The van der Waals surface area contributed by atoms with Gasteiger partial charge in [0.2, 0.25) is 5.91 Å². The Morgan fingerprint density at radius 2 is 1.55 bits per heavy atom. The Morgan fingerprint density at radius 1 is 0.846 bits per heavy atom. The fourth-order valence-electron chi connectivity index (χ4n) is 8.82. The van der Waals surface area contributed by atoms with Gasteiger partial charge in [-0.2, -0.15) is 0 Å². The highest BCUT2D eigenvalue weighted by atomic mass is 16.5. The minimum atomic E-state index is -1.00. The van der Waals surface area contributed by atoms with Crippen LogP contribution in [-0.4, -0.2) is 93.1 Å². The first-order chi connectivity index (χ1) is 31.5. The molecular weight excluding hydrogens is 821 g/mol. The first-order valence-corrected chi connectivity index (χ1v) is 22.4. The Morgan fingerprint density at radius 3 is 2.26 bits per heavy atom. The normalized spacial score (nSPS) is 18.3. The molecule has 4 heterocycles. The monoisotopic (exact) mass is 876 g/mol. The second kappa shape index (κ2) is 19.3. The maximum Gasteiger partial charge on any atom is 0.407 e. The van der Waals surface area contributed by atoms with Gasteiger partial charge in [-0.3, -0.25) is 9.59 Å². The molecule has 2 aliphatic heterocycles. The van der Waals surface area contributed by atoms with E-state index in [4.69, 9.17) is 19.4 Å². The molecule has 8 rings (SSSR count). The summed E-state index contributed by atoms with van der Waals surface area (Å²) in [5, 5.41) is 7.41. The van der Waals surface area contributed by atoms with Crippen LogP contribution in [0.3, 0.4) is 0 Å². The molecule has 4 N–H and O–H groups in total. The van der Waals surface area contributed by atoms with Crippen molar-refractivity contribution < 1.29 is 28.7 Å². The maximum absolute atomic E-state index is 14.0. The van der Waals surface area contributed by atoms with Crippen molar-refractivity contribution in [3.63, 3.8) is 0 Å². The van der Waals surface area contributed by atoms with Crippen LogP contribution >= 0.6 is 0 Å². The highest BCUT2D eigenvalue weighted by Gasteiger charge is 2.39. The second-order valence-corrected chi connectivity index (χ2v) is 17.3. The molecule has 0 unspecified atom stereocenters. The molecule has 3 aliphatic rings. The molecule has 5 aromatic rings. The lowest BCUT2D eigenvalue weighted by atomic mass is 9.94. The molecule has 14 heteroatoms. The van der Waals surface area contributed by atoms with Crippen LogP contribution in [0.5, 0.6) is 0 Å². The van der Waals surface area contributed by atoms with Crippen molar-refractivity contribution in [2.75, 3.05) is 27.3 Å². The van der Waals surface area contributed by atoms with Gasteiger partial charge in [0, 0.05) is 35.5 Å². The van der Waals surface area contributed by atoms with Crippen molar-refractivity contribution in [1.82, 2.24) is 40.4 Å². The van der Waals surface area contributed by atoms with Crippen LogP contribution in [0.4, 0.5) is 9.59 Å². The molecule has 0 radical (unpaired) electrons. The summed E-state index contributed by atoms with van der Waals surface area (Å²) in [5.41, 5.74) is 6.81. The van der Waals surface area contributed by atoms with Crippen LogP contribution in [0, 0.1) is 23.7 Å². The van der Waals surface area contributed by atoms with Gasteiger partial charge in [-0.1, -0.05) is 86.9 Å². The number of aromatic nitrogens is 4. The van der Waals surface area contributed by atoms with Gasteiger partial charge in [-0.05, 0) is 91.7 Å². The van der Waals surface area contributed by atoms with Gasteiger partial charge in [-0.25, -0.2) is 19.6 Å². The maximum atomic E-state index is 14.0. The summed E-state index contributed by atoms with van der Waals surface area (Å²) in [4.78, 5) is 72.7. The van der Waals surface area contributed by atoms with Crippen molar-refractivity contribution in [2.45, 2.75) is 83.5 Å². The SMILES string of the molecule is C=C(/C=C\C=C/C)[C@@H](NC(=O)OC)C(=O)N1CCC[C@H]1c1ncc(-c2ccc(-c3ccc4c(ccc5[nH]c([C@@H]6CCCN6C(=O)[C@@H](NC(=O)OC)C(C)C)nc54)c3)c(C#CC3CC3)c2)[nH]1. The molecule has 65 heavy (non-hydrogen) atoms. The number of H-pyrrole nitrogens is 2. The predicted molar refractivity (Wildman–Crippen MR) is 250 cm³/mol. The number of carbonyl (C=O) groups excluding carboxylic acids is 4. The lowest BCUT2D eigenvalue weighted by molar-refractivity contribution is -0.135. The minimum Gasteiger partial charge on any atom is -0.453 e. The fourth-order valence-corrected chi connectivity index (χ4v) is 8.82. The highest BCUT2D eigenvalue weighted by molar-refractivity contribution is 6.05. The van der Waals surface area contributed by atoms with Gasteiger partial charge in [0.1, 0.15) is 23.7 Å². The molecule has 1 aliphatic carbocycles. The number of alkyl carbamates (subject to hydrolysis) is 2. The first-order valence-electron chi connectivity index (χ1n) is 22.4. The average molecular weight is 877 g/mol. The van der Waals surface area contributed by atoms with E-state index in [9.17, 15) is 19.2 Å². The van der Waals surface area contributed by atoms with E-state index in [1.807, 2.05) is 43.9 Å². The summed E-state index contributed by atoms with van der Waals surface area (Å²) in [6.07, 6.45) is 12.9. The van der Waals surface area contributed by atoms with Gasteiger partial charge < -0.3 is 39.9 Å². The average Bonchev–Trinajstić information content (AvgIpc) is 3.77. The van der Waals surface area contributed by atoms with Gasteiger partial charge in [-0.15, -0.1) is 0 Å². The zero-order valence-electron chi connectivity index (χ0n) is 37.6. The summed E-state index contributed by atoms with van der Waals surface area (Å²) >= 11 is 0. The molecule has 14 nitrogen and oxygen atoms in total. The molecule has 0 spiro atoms. The molecular formula is C51H56N8O6. The van der Waals surface area contributed by atoms with Crippen molar-refractivity contribution in [2.24, 2.45) is 11.8 Å². The summed E-state index contributed by atoms with van der Waals surface area (Å²) in [7, 11) is 2.56. The van der Waals surface area contributed by atoms with Crippen molar-refractivity contribution in [1.29, 1.82) is 0 Å². The Labute approximate surface area is 378 Å². The number of benzene rings is 3. The van der Waals surface area contributed by atoms with Crippen LogP contribution in [0.2, 0.25) is 0 Å². The zero-order valence-corrected chi connectivity index (χ0v) is 37.6. The largest absolute Gasteiger partial charge is 0.453 e. The number of amides is 4. The van der Waals surface area contributed by atoms with E-state index < -0.39 is 24.3 Å². The van der Waals surface area contributed by atoms with Gasteiger partial charge in [0.25, 0.3) is 5.91 Å². The summed E-state index contributed by atoms with van der Waals surface area (Å²) in [6.45, 7) is 10.9. The van der Waals surface area contributed by atoms with Gasteiger partial charge >= 0.3 is 12.2 Å². The molecule has 0 bridgehead atoms. The molecule has 4 amide bonds. The quantitative estimate of drug-likeness (QED) is 0.0712. The van der Waals surface area contributed by atoms with Crippen molar-refractivity contribution in [3.8, 4) is 34.2 Å². The topological polar surface area (TPSA) is 175 Å². The third kappa shape index (κ3) is 9.55. The van der Waals surface area contributed by atoms with E-state index in [0.29, 0.717) is 36.8 Å². The number of methoxy groups -OCH3 is 2. The van der Waals surface area contributed by atoms with Crippen molar-refractivity contribution in [3.05, 3.63) is 108 Å². The third-order valence-corrected chi connectivity index (χ3v) is 12.5. The predicted octanol–water partition coefficient (Wildman–Crippen LogP) is 8.66. The van der Waals surface area contributed by atoms with E-state index in [-0.39, 0.29) is 29.8 Å². The Bertz CT molecular complexity index is 2770. The fraction of sp³-hybridized carbons (Fsp3) is 0.373. The zero-order chi connectivity index (χ0) is 45.8. The van der Waals surface area contributed by atoms with Crippen LogP contribution in [0.1, 0.15) is 88.6 Å². The standard InChI is InChI=1S/C51H56N8O6/c1-7-8-9-12-31(4)44(57-51(63)65-6)49(61)58-25-10-13-41(58)46-52-29-40(54-46)36-20-22-37(33(28-36)18-17-32-15-16-32)34-19-23-38-35(27-34)21-24-39-45(38)55-47(53-39)42-14-11-26-59(42)48(60)43(30(2)3)56-50(62)64-5/h7-9,12,19-24,27-30,32,41-44H,4,10-11,13-16,25-26H2,1-3,5-6H3,(H,52,54)(H,53,55)(H,56,62)(H,57,63)/b8-7-,12-9-/t41-,42-,43-,44+/m0/s1. The van der Waals surface area contributed by atoms with Crippen LogP contribution < -0.4 is 10.6 Å². The lowest BCUT2D eigenvalue weighted by Crippen LogP contribution is -2.51. The number of hydrogen-bond donors (Lipinski definition) is 4. The summed E-state index contributed by atoms with van der Waals surface area (Å²) in [6, 6.07) is 14.5. The number of carbonyl (C=O) groups is 4. The highest BCUT2D eigenvalue weighted by Crippen LogP contribution is 2.38. The molecule has 2 saturated heterocycles. The van der Waals surface area contributed by atoms with Crippen molar-refractivity contribution >= 4 is 45.8 Å². The Balaban J connectivity index is 1.05. The number of allylic oxidation sites excluding steroid dienone is 3. The van der Waals surface area contributed by atoms with E-state index in [1.165, 1.54) is 14.2 Å². The third-order valence-electron chi connectivity index (χ3n) is 12.5. The molecule has 1 saturated carbocycles. The van der Waals surface area contributed by atoms with Crippen LogP contribution in [0.25, 0.3) is 44.2 Å². The van der Waals surface area contributed by atoms with Crippen LogP contribution in [0.15, 0.2) is 91.2 Å². The number of nitrogens with one attached hydrogen (secondary N) is 4. The molecule has 3 fully saturated rings. The molecule has 4 atom stereocenters. The van der Waals surface area contributed by atoms with E-state index in [2.05, 4.69) is 81.5 Å².